The summed E-state index contributed by atoms with van der Waals surface area (Å²) < 4.78 is 32.2. The number of alkyl halides is 2. The van der Waals surface area contributed by atoms with Crippen molar-refractivity contribution >= 4 is 11.5 Å². The highest BCUT2D eigenvalue weighted by Crippen LogP contribution is 2.43. The summed E-state index contributed by atoms with van der Waals surface area (Å²) in [5, 5.41) is 11.4. The maximum atomic E-state index is 12.6. The van der Waals surface area contributed by atoms with Gasteiger partial charge in [-0.15, -0.1) is 0 Å². The molecule has 1 aliphatic heterocycles. The average Bonchev–Trinajstić information content (AvgIpc) is 3.28. The molecule has 1 saturated carbocycles. The summed E-state index contributed by atoms with van der Waals surface area (Å²) in [6.45, 7) is 1.23. The van der Waals surface area contributed by atoms with Crippen LogP contribution in [0.3, 0.4) is 0 Å². The van der Waals surface area contributed by atoms with Gasteiger partial charge in [-0.05, 0) is 25.8 Å². The van der Waals surface area contributed by atoms with E-state index in [1.807, 2.05) is 0 Å². The van der Waals surface area contributed by atoms with Gasteiger partial charge < -0.3 is 15.4 Å². The summed E-state index contributed by atoms with van der Waals surface area (Å²) in [6.07, 6.45) is 5.49. The van der Waals surface area contributed by atoms with E-state index >= 15 is 0 Å². The number of ether oxygens (including phenoxy) is 1. The lowest BCUT2D eigenvalue weighted by Gasteiger charge is -2.13. The van der Waals surface area contributed by atoms with E-state index in [0.717, 1.165) is 32.4 Å². The molecule has 1 atom stereocenters. The van der Waals surface area contributed by atoms with E-state index in [2.05, 4.69) is 30.7 Å². The minimum Gasteiger partial charge on any atom is -0.485 e. The highest BCUT2D eigenvalue weighted by molar-refractivity contribution is 5.61. The van der Waals surface area contributed by atoms with Crippen LogP contribution >= 0.6 is 0 Å². The zero-order chi connectivity index (χ0) is 19.8. The summed E-state index contributed by atoms with van der Waals surface area (Å²) in [5.74, 6) is 1.31. The molecule has 1 aliphatic carbocycles. The van der Waals surface area contributed by atoms with Gasteiger partial charge in [0.1, 0.15) is 35.3 Å². The third-order valence-corrected chi connectivity index (χ3v) is 5.12. The maximum Gasteiger partial charge on any atom is 0.272 e. The molecule has 2 aliphatic rings. The number of hydrogen-bond acceptors (Lipinski definition) is 7. The number of anilines is 1. The molecule has 3 aromatic rings. The van der Waals surface area contributed by atoms with Crippen LogP contribution < -0.4 is 15.4 Å². The Bertz CT molecular complexity index is 1010. The molecule has 1 unspecified atom stereocenters. The summed E-state index contributed by atoms with van der Waals surface area (Å²) in [5.41, 5.74) is 2.55. The van der Waals surface area contributed by atoms with Crippen molar-refractivity contribution in [1.29, 1.82) is 0 Å². The van der Waals surface area contributed by atoms with Crippen LogP contribution in [0.1, 0.15) is 30.9 Å². The predicted octanol–water partition coefficient (Wildman–Crippen LogP) is 2.48. The van der Waals surface area contributed by atoms with Crippen molar-refractivity contribution in [2.45, 2.75) is 37.6 Å². The largest absolute Gasteiger partial charge is 0.485 e. The van der Waals surface area contributed by atoms with Gasteiger partial charge in [-0.2, -0.15) is 5.10 Å². The number of rotatable bonds is 7. The molecule has 0 bridgehead atoms. The van der Waals surface area contributed by atoms with Crippen molar-refractivity contribution in [1.82, 2.24) is 29.9 Å². The lowest BCUT2D eigenvalue weighted by Crippen LogP contribution is -2.22. The molecule has 0 radical (unpaired) electrons. The molecule has 0 aromatic carbocycles. The predicted molar refractivity (Wildman–Crippen MR) is 102 cm³/mol. The summed E-state index contributed by atoms with van der Waals surface area (Å²) in [4.78, 5) is 13.3. The van der Waals surface area contributed by atoms with Crippen molar-refractivity contribution < 1.29 is 13.5 Å². The molecule has 0 amide bonds. The topological polar surface area (TPSA) is 89.3 Å². The van der Waals surface area contributed by atoms with Crippen molar-refractivity contribution in [3.63, 3.8) is 0 Å². The van der Waals surface area contributed by atoms with Crippen molar-refractivity contribution in [2.75, 3.05) is 25.0 Å². The summed E-state index contributed by atoms with van der Waals surface area (Å²) in [6, 6.07) is 2.00. The first-order valence-electron chi connectivity index (χ1n) is 9.76. The zero-order valence-corrected chi connectivity index (χ0v) is 15.7. The Morgan fingerprint density at radius 1 is 1.24 bits per heavy atom. The van der Waals surface area contributed by atoms with E-state index in [4.69, 9.17) is 4.74 Å². The van der Waals surface area contributed by atoms with Gasteiger partial charge in [-0.3, -0.25) is 4.98 Å². The molecule has 3 aromatic heterocycles. The Balaban J connectivity index is 1.48. The first-order valence-corrected chi connectivity index (χ1v) is 9.76. The van der Waals surface area contributed by atoms with Crippen LogP contribution in [-0.4, -0.2) is 56.7 Å². The van der Waals surface area contributed by atoms with Crippen molar-refractivity contribution in [3.05, 3.63) is 30.4 Å². The fourth-order valence-electron chi connectivity index (χ4n) is 3.54. The number of halogens is 2. The third-order valence-electron chi connectivity index (χ3n) is 5.12. The lowest BCUT2D eigenvalue weighted by molar-refractivity contribution is 0.0811. The highest BCUT2D eigenvalue weighted by Gasteiger charge is 2.30. The molecular weight excluding hydrogens is 380 g/mol. The Labute approximate surface area is 165 Å². The smallest absolute Gasteiger partial charge is 0.272 e. The second-order valence-electron chi connectivity index (χ2n) is 7.41. The van der Waals surface area contributed by atoms with Gasteiger partial charge in [0.25, 0.3) is 6.43 Å². The van der Waals surface area contributed by atoms with Gasteiger partial charge in [0, 0.05) is 24.6 Å². The van der Waals surface area contributed by atoms with Crippen LogP contribution in [0.2, 0.25) is 0 Å². The summed E-state index contributed by atoms with van der Waals surface area (Å²) in [7, 11) is 0. The number of fused-ring (bicyclic) bond motifs is 1. The summed E-state index contributed by atoms with van der Waals surface area (Å²) >= 11 is 0. The van der Waals surface area contributed by atoms with E-state index < -0.39 is 13.0 Å². The Morgan fingerprint density at radius 3 is 2.90 bits per heavy atom. The van der Waals surface area contributed by atoms with Crippen LogP contribution in [0, 0.1) is 0 Å². The van der Waals surface area contributed by atoms with E-state index in [0.29, 0.717) is 40.3 Å². The molecule has 0 spiro atoms. The fraction of sp³-hybridized carbons (Fsp3) is 0.474. The number of nitrogens with zero attached hydrogens (tertiary/aromatic N) is 5. The molecule has 152 valence electrons. The number of imidazole rings is 1. The first kappa shape index (κ1) is 18.2. The monoisotopic (exact) mass is 401 g/mol. The van der Waals surface area contributed by atoms with Gasteiger partial charge in [0.05, 0.1) is 18.6 Å². The second-order valence-corrected chi connectivity index (χ2v) is 7.41. The number of nitrogens with one attached hydrogen (secondary N) is 2. The molecular formula is C19H21F2N7O. The fourth-order valence-corrected chi connectivity index (χ4v) is 3.54. The first-order chi connectivity index (χ1) is 14.2. The number of aromatic nitrogens is 5. The minimum absolute atomic E-state index is 0.233. The Hall–Kier alpha value is -2.88. The van der Waals surface area contributed by atoms with Gasteiger partial charge >= 0.3 is 0 Å². The minimum atomic E-state index is -2.53. The molecule has 1 saturated heterocycles. The van der Waals surface area contributed by atoms with Gasteiger partial charge in [0.2, 0.25) is 0 Å². The lowest BCUT2D eigenvalue weighted by atomic mass is 10.2. The molecule has 5 rings (SSSR count). The SMILES string of the molecule is FC(F)COc1cc2ncc(-c3cncc(NC4CCNC4)n3)n2nc1C1CC1. The Kier molecular flexibility index (Phi) is 4.70. The van der Waals surface area contributed by atoms with E-state index in [-0.39, 0.29) is 5.92 Å². The molecule has 10 heteroatoms. The van der Waals surface area contributed by atoms with E-state index in [1.54, 1.807) is 29.2 Å². The van der Waals surface area contributed by atoms with Crippen LogP contribution in [-0.2, 0) is 0 Å². The average molecular weight is 401 g/mol. The van der Waals surface area contributed by atoms with E-state index in [9.17, 15) is 8.78 Å². The normalized spacial score (nSPS) is 19.2. The zero-order valence-electron chi connectivity index (χ0n) is 15.7. The number of hydrogen-bond donors (Lipinski definition) is 2. The second kappa shape index (κ2) is 7.51. The van der Waals surface area contributed by atoms with Crippen LogP contribution in [0.5, 0.6) is 5.75 Å². The molecule has 2 fully saturated rings. The molecule has 4 heterocycles. The van der Waals surface area contributed by atoms with Crippen molar-refractivity contribution in [3.8, 4) is 17.1 Å². The maximum absolute atomic E-state index is 12.6. The van der Waals surface area contributed by atoms with E-state index in [1.165, 1.54) is 0 Å². The standard InChI is InChI=1S/C19H21F2N7O/c20-16(21)10-29-15-5-18-24-8-14(28(18)27-19(15)11-1-2-11)13-7-23-9-17(26-13)25-12-3-4-22-6-12/h5,7-9,11-12,16,22H,1-4,6,10H2,(H,25,26). The third kappa shape index (κ3) is 3.84. The molecule has 2 N–H and O–H groups in total. The quantitative estimate of drug-likeness (QED) is 0.629. The molecule has 8 nitrogen and oxygen atoms in total. The van der Waals surface area contributed by atoms with Crippen molar-refractivity contribution in [2.24, 2.45) is 0 Å². The van der Waals surface area contributed by atoms with Gasteiger partial charge in [-0.1, -0.05) is 0 Å². The molecule has 29 heavy (non-hydrogen) atoms. The van der Waals surface area contributed by atoms with Gasteiger partial charge in [-0.25, -0.2) is 23.3 Å². The van der Waals surface area contributed by atoms with Gasteiger partial charge in [0.15, 0.2) is 5.65 Å². The Morgan fingerprint density at radius 2 is 2.14 bits per heavy atom. The van der Waals surface area contributed by atoms with Crippen LogP contribution in [0.15, 0.2) is 24.7 Å². The van der Waals surface area contributed by atoms with Crippen LogP contribution in [0.4, 0.5) is 14.6 Å². The van der Waals surface area contributed by atoms with Crippen LogP contribution in [0.25, 0.3) is 17.0 Å². The highest BCUT2D eigenvalue weighted by atomic mass is 19.3.